The molecule has 0 aromatic heterocycles. The number of hydrogen-bond donors (Lipinski definition) is 3. The van der Waals surface area contributed by atoms with Crippen LogP contribution in [-0.4, -0.2) is 31.4 Å². The lowest BCUT2D eigenvalue weighted by Crippen LogP contribution is -3.14. The van der Waals surface area contributed by atoms with E-state index in [0.29, 0.717) is 5.92 Å². The van der Waals surface area contributed by atoms with E-state index in [1.165, 1.54) is 5.56 Å². The van der Waals surface area contributed by atoms with E-state index in [1.54, 1.807) is 0 Å². The van der Waals surface area contributed by atoms with Crippen molar-refractivity contribution in [3.05, 3.63) is 59.2 Å². The van der Waals surface area contributed by atoms with Crippen LogP contribution in [0.1, 0.15) is 43.4 Å². The molecule has 0 saturated heterocycles. The molecule has 2 aromatic rings. The molecule has 3 N–H and O–H groups in total. The molecule has 0 bridgehead atoms. The molecular formula is C23H32N3O2+. The molecule has 150 valence electrons. The summed E-state index contributed by atoms with van der Waals surface area (Å²) in [5, 5.41) is 5.89. The van der Waals surface area contributed by atoms with Crippen molar-refractivity contribution in [2.45, 2.75) is 46.6 Å². The van der Waals surface area contributed by atoms with Gasteiger partial charge in [-0.25, -0.2) is 0 Å². The minimum Gasteiger partial charge on any atom is -0.321 e. The molecule has 2 amide bonds. The highest BCUT2D eigenvalue weighted by Gasteiger charge is 2.24. The average Bonchev–Trinajstić information content (AvgIpc) is 2.64. The fourth-order valence-corrected chi connectivity index (χ4v) is 2.90. The predicted octanol–water partition coefficient (Wildman–Crippen LogP) is 2.91. The zero-order valence-corrected chi connectivity index (χ0v) is 17.7. The van der Waals surface area contributed by atoms with Crippen molar-refractivity contribution < 1.29 is 14.5 Å². The maximum Gasteiger partial charge on any atom is 0.282 e. The first-order valence-corrected chi connectivity index (χ1v) is 9.77. The zero-order chi connectivity index (χ0) is 20.8. The molecule has 28 heavy (non-hydrogen) atoms. The van der Waals surface area contributed by atoms with Crippen LogP contribution in [-0.2, 0) is 9.59 Å². The minimum absolute atomic E-state index is 0.102. The van der Waals surface area contributed by atoms with Crippen LogP contribution in [0.25, 0.3) is 0 Å². The van der Waals surface area contributed by atoms with Gasteiger partial charge in [-0.1, -0.05) is 38.1 Å². The number of quaternary nitrogens is 1. The quantitative estimate of drug-likeness (QED) is 0.689. The largest absolute Gasteiger partial charge is 0.321 e. The van der Waals surface area contributed by atoms with Crippen LogP contribution >= 0.6 is 0 Å². The first kappa shape index (κ1) is 21.6. The SMILES string of the molecule is Cc1ccc(C)c(NC(=O)C[NH+](C)[C@@H](C)C(=O)Nc2ccc(C(C)C)cc2)c1. The number of rotatable bonds is 7. The number of likely N-dealkylation sites (N-methyl/N-ethyl adjacent to an activating group) is 1. The Bertz CT molecular complexity index is 828. The van der Waals surface area contributed by atoms with Crippen LogP contribution in [0.5, 0.6) is 0 Å². The third kappa shape index (κ3) is 5.92. The number of benzene rings is 2. The summed E-state index contributed by atoms with van der Waals surface area (Å²) in [4.78, 5) is 25.8. The third-order valence-corrected chi connectivity index (χ3v) is 5.08. The molecule has 0 radical (unpaired) electrons. The predicted molar refractivity (Wildman–Crippen MR) is 115 cm³/mol. The molecule has 0 saturated carbocycles. The summed E-state index contributed by atoms with van der Waals surface area (Å²) >= 11 is 0. The van der Waals surface area contributed by atoms with Crippen LogP contribution in [0, 0.1) is 13.8 Å². The number of aryl methyl sites for hydroxylation is 2. The molecule has 5 nitrogen and oxygen atoms in total. The van der Waals surface area contributed by atoms with Crippen LogP contribution in [0.3, 0.4) is 0 Å². The van der Waals surface area contributed by atoms with Crippen molar-refractivity contribution in [1.29, 1.82) is 0 Å². The first-order valence-electron chi connectivity index (χ1n) is 9.77. The molecule has 5 heteroatoms. The zero-order valence-electron chi connectivity index (χ0n) is 17.7. The van der Waals surface area contributed by atoms with E-state index in [-0.39, 0.29) is 24.4 Å². The summed E-state index contributed by atoms with van der Waals surface area (Å²) in [5.41, 5.74) is 4.94. The van der Waals surface area contributed by atoms with E-state index in [1.807, 2.05) is 70.3 Å². The Morgan fingerprint density at radius 3 is 2.21 bits per heavy atom. The van der Waals surface area contributed by atoms with E-state index < -0.39 is 0 Å². The van der Waals surface area contributed by atoms with E-state index in [4.69, 9.17) is 0 Å². The summed E-state index contributed by atoms with van der Waals surface area (Å²) < 4.78 is 0. The van der Waals surface area contributed by atoms with Gasteiger partial charge in [-0.15, -0.1) is 0 Å². The number of amides is 2. The third-order valence-electron chi connectivity index (χ3n) is 5.08. The fourth-order valence-electron chi connectivity index (χ4n) is 2.90. The van der Waals surface area contributed by atoms with Crippen molar-refractivity contribution in [1.82, 2.24) is 0 Å². The Balaban J connectivity index is 1.91. The van der Waals surface area contributed by atoms with Crippen molar-refractivity contribution in [2.24, 2.45) is 0 Å². The molecule has 0 heterocycles. The Labute approximate surface area is 168 Å². The second kappa shape index (κ2) is 9.51. The molecule has 2 aromatic carbocycles. The van der Waals surface area contributed by atoms with Gasteiger partial charge >= 0.3 is 0 Å². The highest BCUT2D eigenvalue weighted by Crippen LogP contribution is 2.17. The molecule has 2 rings (SSSR count). The summed E-state index contributed by atoms with van der Waals surface area (Å²) in [6.45, 7) is 10.3. The lowest BCUT2D eigenvalue weighted by molar-refractivity contribution is -0.885. The van der Waals surface area contributed by atoms with Gasteiger partial charge in [0.05, 0.1) is 7.05 Å². The number of carbonyl (C=O) groups excluding carboxylic acids is 2. The normalized spacial score (nSPS) is 13.1. The molecule has 0 aliphatic rings. The van der Waals surface area contributed by atoms with E-state index >= 15 is 0 Å². The number of anilines is 2. The number of carbonyl (C=O) groups is 2. The standard InChI is InChI=1S/C23H31N3O2/c1-15(2)19-9-11-20(12-10-19)24-23(28)18(5)26(6)14-22(27)25-21-13-16(3)7-8-17(21)4/h7-13,15,18H,14H2,1-6H3,(H,24,28)(H,25,27)/p+1/t18-/m0/s1. The highest BCUT2D eigenvalue weighted by molar-refractivity contribution is 5.94. The van der Waals surface area contributed by atoms with Gasteiger partial charge in [-0.2, -0.15) is 0 Å². The van der Waals surface area contributed by atoms with Gasteiger partial charge in [-0.3, -0.25) is 9.59 Å². The van der Waals surface area contributed by atoms with Crippen molar-refractivity contribution in [3.8, 4) is 0 Å². The van der Waals surface area contributed by atoms with E-state index in [0.717, 1.165) is 27.4 Å². The van der Waals surface area contributed by atoms with Gasteiger partial charge in [-0.05, 0) is 61.6 Å². The Morgan fingerprint density at radius 2 is 1.61 bits per heavy atom. The van der Waals surface area contributed by atoms with Crippen molar-refractivity contribution in [3.63, 3.8) is 0 Å². The van der Waals surface area contributed by atoms with Crippen LogP contribution in [0.4, 0.5) is 11.4 Å². The Hall–Kier alpha value is -2.66. The maximum absolute atomic E-state index is 12.5. The number of nitrogens with one attached hydrogen (secondary N) is 3. The van der Waals surface area contributed by atoms with Gasteiger partial charge in [0, 0.05) is 11.4 Å². The number of hydrogen-bond acceptors (Lipinski definition) is 2. The summed E-state index contributed by atoms with van der Waals surface area (Å²) in [5.74, 6) is 0.247. The maximum atomic E-state index is 12.5. The molecule has 0 spiro atoms. The Kier molecular flexibility index (Phi) is 7.35. The Morgan fingerprint density at radius 1 is 0.964 bits per heavy atom. The van der Waals surface area contributed by atoms with Crippen LogP contribution in [0.15, 0.2) is 42.5 Å². The van der Waals surface area contributed by atoms with Crippen LogP contribution < -0.4 is 15.5 Å². The summed E-state index contributed by atoms with van der Waals surface area (Å²) in [6.07, 6.45) is 0. The van der Waals surface area contributed by atoms with Crippen molar-refractivity contribution in [2.75, 3.05) is 24.2 Å². The van der Waals surface area contributed by atoms with Crippen LogP contribution in [0.2, 0.25) is 0 Å². The van der Waals surface area contributed by atoms with Gasteiger partial charge in [0.2, 0.25) is 0 Å². The topological polar surface area (TPSA) is 62.6 Å². The second-order valence-corrected chi connectivity index (χ2v) is 7.88. The second-order valence-electron chi connectivity index (χ2n) is 7.88. The van der Waals surface area contributed by atoms with Gasteiger partial charge in [0.1, 0.15) is 0 Å². The van der Waals surface area contributed by atoms with Gasteiger partial charge in [0.15, 0.2) is 12.6 Å². The minimum atomic E-state index is -0.353. The highest BCUT2D eigenvalue weighted by atomic mass is 16.2. The van der Waals surface area contributed by atoms with E-state index in [2.05, 4.69) is 24.5 Å². The molecule has 0 aliphatic heterocycles. The van der Waals surface area contributed by atoms with Gasteiger partial charge < -0.3 is 15.5 Å². The summed E-state index contributed by atoms with van der Waals surface area (Å²) in [7, 11) is 1.86. The molecule has 1 unspecified atom stereocenters. The molecular weight excluding hydrogens is 350 g/mol. The molecule has 2 atom stereocenters. The fraction of sp³-hybridized carbons (Fsp3) is 0.391. The molecule has 0 fully saturated rings. The average molecular weight is 383 g/mol. The monoisotopic (exact) mass is 382 g/mol. The van der Waals surface area contributed by atoms with Crippen molar-refractivity contribution >= 4 is 23.2 Å². The van der Waals surface area contributed by atoms with E-state index in [9.17, 15) is 9.59 Å². The smallest absolute Gasteiger partial charge is 0.282 e. The molecule has 0 aliphatic carbocycles. The summed E-state index contributed by atoms with van der Waals surface area (Å²) in [6, 6.07) is 13.5. The lowest BCUT2D eigenvalue weighted by atomic mass is 10.0. The lowest BCUT2D eigenvalue weighted by Gasteiger charge is -2.21. The first-order chi connectivity index (χ1) is 13.2. The van der Waals surface area contributed by atoms with Gasteiger partial charge in [0.25, 0.3) is 11.8 Å².